The van der Waals surface area contributed by atoms with Gasteiger partial charge in [0.15, 0.2) is 0 Å². The summed E-state index contributed by atoms with van der Waals surface area (Å²) in [6.45, 7) is 0. The van der Waals surface area contributed by atoms with Crippen molar-refractivity contribution < 1.29 is 19.5 Å². The van der Waals surface area contributed by atoms with Crippen LogP contribution in [0, 0.1) is 0 Å². The summed E-state index contributed by atoms with van der Waals surface area (Å²) in [6, 6.07) is 91.6. The number of hydrogen-bond acceptors (Lipinski definition) is 2. The van der Waals surface area contributed by atoms with Gasteiger partial charge in [0.1, 0.15) is 0 Å². The van der Waals surface area contributed by atoms with E-state index in [2.05, 4.69) is 279 Å². The zero-order chi connectivity index (χ0) is 49.2. The first-order chi connectivity index (χ1) is 36.7. The average Bonchev–Trinajstić information content (AvgIpc) is 4.32. The van der Waals surface area contributed by atoms with E-state index in [1.807, 2.05) is 0 Å². The van der Waals surface area contributed by atoms with E-state index in [-0.39, 0.29) is 19.5 Å². The van der Waals surface area contributed by atoms with Crippen molar-refractivity contribution in [3.8, 4) is 44.5 Å². The Labute approximate surface area is 452 Å². The zero-order valence-corrected chi connectivity index (χ0v) is 45.7. The minimum atomic E-state index is -0.798. The van der Waals surface area contributed by atoms with Crippen molar-refractivity contribution in [1.82, 2.24) is 19.9 Å². The van der Waals surface area contributed by atoms with Gasteiger partial charge in [-0.15, -0.1) is 22.1 Å². The number of fused-ring (bicyclic) bond motifs is 8. The third kappa shape index (κ3) is 9.76. The summed E-state index contributed by atoms with van der Waals surface area (Å²) in [4.78, 5) is 21.3. The van der Waals surface area contributed by atoms with Crippen molar-refractivity contribution in [1.29, 1.82) is 0 Å². The number of benzene rings is 8. The van der Waals surface area contributed by atoms with Crippen molar-refractivity contribution >= 4 is 94.0 Å². The minimum absolute atomic E-state index is 0. The third-order valence-corrected chi connectivity index (χ3v) is 18.4. The van der Waals surface area contributed by atoms with Crippen LogP contribution in [0.3, 0.4) is 0 Å². The van der Waals surface area contributed by atoms with Crippen LogP contribution >= 0.6 is 15.8 Å². The molecule has 0 aliphatic carbocycles. The molecule has 350 valence electrons. The molecule has 8 aromatic carbocycles. The zero-order valence-electron chi connectivity index (χ0n) is 40.9. The predicted octanol–water partition coefficient (Wildman–Crippen LogP) is 14.1. The van der Waals surface area contributed by atoms with Gasteiger partial charge in [0.2, 0.25) is 0 Å². The third-order valence-electron chi connectivity index (χ3n) is 13.5. The molecule has 0 amide bonds. The molecule has 11 aromatic rings. The van der Waals surface area contributed by atoms with Crippen molar-refractivity contribution in [2.45, 2.75) is 0 Å². The van der Waals surface area contributed by atoms with Crippen LogP contribution in [0.2, 0.25) is 0 Å². The minimum Gasteiger partial charge on any atom is -0.657 e. The second kappa shape index (κ2) is 21.4. The molecule has 0 saturated carbocycles. The topological polar surface area (TPSA) is 54.0 Å². The molecule has 75 heavy (non-hydrogen) atoms. The van der Waals surface area contributed by atoms with Gasteiger partial charge < -0.3 is 9.97 Å². The molecule has 0 radical (unpaired) electrons. The summed E-state index contributed by atoms with van der Waals surface area (Å²) in [7, 11) is -1.60. The van der Waals surface area contributed by atoms with Crippen molar-refractivity contribution in [2.75, 3.05) is 0 Å². The fourth-order valence-corrected chi connectivity index (χ4v) is 14.9. The largest absolute Gasteiger partial charge is 2.00 e. The van der Waals surface area contributed by atoms with E-state index in [0.717, 1.165) is 89.4 Å². The Hall–Kier alpha value is -8.16. The molecule has 0 atom stereocenters. The molecule has 0 unspecified atom stereocenters. The Kier molecular flexibility index (Phi) is 13.6. The van der Waals surface area contributed by atoms with Crippen LogP contribution in [0.5, 0.6) is 0 Å². The molecule has 0 fully saturated rings. The number of hydrogen-bond donors (Lipinski definition) is 0. The molecule has 3 aromatic heterocycles. The maximum absolute atomic E-state index is 5.34. The Morgan fingerprint density at radius 1 is 0.280 bits per heavy atom. The molecule has 0 saturated heterocycles. The van der Waals surface area contributed by atoms with E-state index < -0.39 is 15.8 Å². The second-order valence-corrected chi connectivity index (χ2v) is 22.7. The van der Waals surface area contributed by atoms with Crippen LogP contribution < -0.4 is 41.8 Å². The Morgan fingerprint density at radius 2 is 0.613 bits per heavy atom. The maximum Gasteiger partial charge on any atom is 2.00 e. The summed E-state index contributed by atoms with van der Waals surface area (Å²) in [5, 5.41) is 7.84. The number of rotatable bonds is 10. The molecule has 4 nitrogen and oxygen atoms in total. The first-order valence-corrected chi connectivity index (χ1v) is 27.6. The van der Waals surface area contributed by atoms with Gasteiger partial charge in [-0.2, -0.15) is 0 Å². The van der Waals surface area contributed by atoms with Crippen molar-refractivity contribution in [3.63, 3.8) is 0 Å². The van der Waals surface area contributed by atoms with Crippen LogP contribution in [0.4, 0.5) is 0 Å². The first kappa shape index (κ1) is 47.8. The summed E-state index contributed by atoms with van der Waals surface area (Å²) >= 11 is 0. The Bertz CT molecular complexity index is 3750. The Balaban J connectivity index is 0.00000569. The van der Waals surface area contributed by atoms with Gasteiger partial charge >= 0.3 is 19.5 Å². The standard InChI is InChI=1S/C68H46N4P2.Zn/c1-5-21-53(22-6-1)73(54-23-7-2-8-24-54)57-29-17-19-47(43-57)59-31-13-15-33-61(59)67-63-39-35-49(69-63)45-51-37-41-65(71-51)68(66-42-38-52(72-66)46-50-36-40-64(67)70-50)62-34-16-14-32-60(62)48-20-18-30-58(44-48)74(55-25-9-3-10-26-55)56-27-11-4-12-28-56;/h1-46H;/q-2;+2. The van der Waals surface area contributed by atoms with E-state index in [1.54, 1.807) is 0 Å². The van der Waals surface area contributed by atoms with E-state index in [1.165, 1.54) is 31.8 Å². The van der Waals surface area contributed by atoms with E-state index in [4.69, 9.17) is 19.9 Å². The molecule has 0 N–H and O–H groups in total. The van der Waals surface area contributed by atoms with Gasteiger partial charge in [-0.25, -0.2) is 9.97 Å². The summed E-state index contributed by atoms with van der Waals surface area (Å²) in [5.74, 6) is 0. The summed E-state index contributed by atoms with van der Waals surface area (Å²) in [6.07, 6.45) is 8.41. The molecule has 8 bridgehead atoms. The van der Waals surface area contributed by atoms with E-state index in [9.17, 15) is 0 Å². The Morgan fingerprint density at radius 3 is 0.987 bits per heavy atom. The number of aromatic nitrogens is 4. The van der Waals surface area contributed by atoms with Gasteiger partial charge in [-0.05, 0) is 129 Å². The SMILES string of the molecule is C1=Cc2nc1cc1ccc([n-]1)c(-c1ccccc1-c1cccc(P(c3ccccc3)c3ccccc3)c1)c1nc(cc3ccc([n-]3)c2-c2ccccc2-c2cccc(P(c3ccccc3)c3ccccc3)c2)C=C1.[Zn+2]. The predicted molar refractivity (Wildman–Crippen MR) is 316 cm³/mol. The molecule has 5 heterocycles. The van der Waals surface area contributed by atoms with Crippen molar-refractivity contribution in [3.05, 3.63) is 278 Å². The maximum atomic E-state index is 5.34. The molecule has 0 spiro atoms. The normalized spacial score (nSPS) is 11.8. The summed E-state index contributed by atoms with van der Waals surface area (Å²) in [5.41, 5.74) is 15.2. The van der Waals surface area contributed by atoms with Gasteiger partial charge in [0.25, 0.3) is 0 Å². The smallest absolute Gasteiger partial charge is 0.657 e. The second-order valence-electron chi connectivity index (χ2n) is 18.3. The molecular weight excluding hydrogens is 1000 g/mol. The molecule has 2 aliphatic rings. The van der Waals surface area contributed by atoms with Gasteiger partial charge in [-0.3, -0.25) is 0 Å². The van der Waals surface area contributed by atoms with Gasteiger partial charge in [0, 0.05) is 0 Å². The molecule has 7 heteroatoms. The van der Waals surface area contributed by atoms with Crippen LogP contribution in [-0.4, -0.2) is 9.97 Å². The van der Waals surface area contributed by atoms with Crippen LogP contribution in [0.15, 0.2) is 255 Å². The van der Waals surface area contributed by atoms with Crippen LogP contribution in [0.25, 0.3) is 90.9 Å². The molecular formula is C68H46N4P2Zn. The van der Waals surface area contributed by atoms with Crippen molar-refractivity contribution in [2.24, 2.45) is 0 Å². The molecule has 2 aliphatic heterocycles. The first-order valence-electron chi connectivity index (χ1n) is 24.9. The average molecular weight is 1050 g/mol. The van der Waals surface area contributed by atoms with Gasteiger partial charge in [0.05, 0.1) is 22.8 Å². The monoisotopic (exact) mass is 1040 g/mol. The quantitative estimate of drug-likeness (QED) is 0.101. The fourth-order valence-electron chi connectivity index (χ4n) is 10.2. The van der Waals surface area contributed by atoms with E-state index in [0.29, 0.717) is 0 Å². The number of nitrogens with zero attached hydrogens (tertiary/aromatic N) is 4. The summed E-state index contributed by atoms with van der Waals surface area (Å²) < 4.78 is 0. The van der Waals surface area contributed by atoms with Gasteiger partial charge in [-0.1, -0.05) is 243 Å². The van der Waals surface area contributed by atoms with E-state index >= 15 is 0 Å². The fraction of sp³-hybridized carbons (Fsp3) is 0. The molecule has 13 rings (SSSR count). The van der Waals surface area contributed by atoms with Crippen LogP contribution in [0.1, 0.15) is 22.8 Å². The van der Waals surface area contributed by atoms with Crippen LogP contribution in [-0.2, 0) is 19.5 Å².